The van der Waals surface area contributed by atoms with Crippen molar-refractivity contribution >= 4 is 22.8 Å². The first-order valence-corrected chi connectivity index (χ1v) is 7.36. The zero-order valence-corrected chi connectivity index (χ0v) is 12.1. The molecule has 0 saturated heterocycles. The second-order valence-electron chi connectivity index (χ2n) is 5.78. The van der Waals surface area contributed by atoms with Gasteiger partial charge in [-0.15, -0.1) is 0 Å². The summed E-state index contributed by atoms with van der Waals surface area (Å²) in [4.78, 5) is 23.6. The van der Waals surface area contributed by atoms with E-state index in [0.29, 0.717) is 6.42 Å². The van der Waals surface area contributed by atoms with E-state index in [1.165, 1.54) is 0 Å². The maximum atomic E-state index is 12.5. The summed E-state index contributed by atoms with van der Waals surface area (Å²) >= 11 is 0. The highest BCUT2D eigenvalue weighted by Gasteiger charge is 2.25. The van der Waals surface area contributed by atoms with E-state index >= 15 is 0 Å². The predicted octanol–water partition coefficient (Wildman–Crippen LogP) is 4.34. The maximum Gasteiger partial charge on any atom is 0.163 e. The number of benzene rings is 2. The van der Waals surface area contributed by atoms with Crippen LogP contribution in [0.1, 0.15) is 36.5 Å². The van der Waals surface area contributed by atoms with Gasteiger partial charge in [-0.25, -0.2) is 0 Å². The number of carbonyl (C=O) groups is 2. The fraction of sp³-hybridized carbons (Fsp3) is 0.263. The molecule has 0 N–H and O–H groups in total. The summed E-state index contributed by atoms with van der Waals surface area (Å²) in [5, 5.41) is 2.22. The number of rotatable bonds is 4. The van der Waals surface area contributed by atoms with Gasteiger partial charge in [0.15, 0.2) is 5.78 Å². The Hall–Kier alpha value is -2.22. The molecule has 0 bridgehead atoms. The molecular formula is C19H18O2. The van der Waals surface area contributed by atoms with E-state index in [0.717, 1.165) is 46.6 Å². The average molecular weight is 278 g/mol. The molecule has 3 rings (SSSR count). The van der Waals surface area contributed by atoms with Crippen LogP contribution in [-0.4, -0.2) is 12.1 Å². The number of ketones is 1. The van der Waals surface area contributed by atoms with Crippen LogP contribution in [0.15, 0.2) is 53.6 Å². The number of hydrogen-bond donors (Lipinski definition) is 0. The third kappa shape index (κ3) is 2.66. The van der Waals surface area contributed by atoms with Crippen molar-refractivity contribution < 1.29 is 9.59 Å². The molecule has 1 aliphatic carbocycles. The van der Waals surface area contributed by atoms with Gasteiger partial charge >= 0.3 is 0 Å². The van der Waals surface area contributed by atoms with Gasteiger partial charge in [-0.1, -0.05) is 42.0 Å². The average Bonchev–Trinajstić information content (AvgIpc) is 2.86. The van der Waals surface area contributed by atoms with Crippen molar-refractivity contribution in [1.82, 2.24) is 0 Å². The molecule has 2 aromatic carbocycles. The Bertz CT molecular complexity index is 740. The molecular weight excluding hydrogens is 260 g/mol. The second kappa shape index (κ2) is 5.65. The highest BCUT2D eigenvalue weighted by molar-refractivity contribution is 6.00. The smallest absolute Gasteiger partial charge is 0.163 e. The molecule has 1 atom stereocenters. The summed E-state index contributed by atoms with van der Waals surface area (Å²) in [5.74, 6) is 0.223. The molecule has 0 aliphatic heterocycles. The highest BCUT2D eigenvalue weighted by atomic mass is 16.1. The minimum atomic E-state index is 0.0986. The summed E-state index contributed by atoms with van der Waals surface area (Å²) in [7, 11) is 0. The molecule has 1 aliphatic rings. The highest BCUT2D eigenvalue weighted by Crippen LogP contribution is 2.33. The number of Topliss-reactive ketones (excluding diaryl/α,β-unsaturated/α-hetero) is 1. The third-order valence-corrected chi connectivity index (χ3v) is 4.43. The van der Waals surface area contributed by atoms with Crippen molar-refractivity contribution in [3.8, 4) is 0 Å². The molecule has 0 fully saturated rings. The molecule has 2 nitrogen and oxygen atoms in total. The predicted molar refractivity (Wildman–Crippen MR) is 84.4 cm³/mol. The van der Waals surface area contributed by atoms with E-state index < -0.39 is 0 Å². The monoisotopic (exact) mass is 278 g/mol. The molecule has 2 aromatic rings. The van der Waals surface area contributed by atoms with Gasteiger partial charge in [0.2, 0.25) is 0 Å². The molecule has 0 heterocycles. The van der Waals surface area contributed by atoms with Gasteiger partial charge in [-0.3, -0.25) is 9.59 Å². The van der Waals surface area contributed by atoms with E-state index in [-0.39, 0.29) is 11.7 Å². The quantitative estimate of drug-likeness (QED) is 0.616. The van der Waals surface area contributed by atoms with Gasteiger partial charge in [-0.2, -0.15) is 0 Å². The van der Waals surface area contributed by atoms with Crippen LogP contribution in [0.5, 0.6) is 0 Å². The molecule has 106 valence electrons. The maximum absolute atomic E-state index is 12.5. The largest absolute Gasteiger partial charge is 0.298 e. The Balaban J connectivity index is 1.83. The Morgan fingerprint density at radius 2 is 1.95 bits per heavy atom. The normalized spacial score (nSPS) is 18.2. The molecule has 2 heteroatoms. The Morgan fingerprint density at radius 1 is 1.19 bits per heavy atom. The van der Waals surface area contributed by atoms with Crippen LogP contribution in [-0.2, 0) is 4.79 Å². The topological polar surface area (TPSA) is 34.1 Å². The molecule has 0 saturated carbocycles. The number of allylic oxidation sites excluding steroid dienone is 2. The summed E-state index contributed by atoms with van der Waals surface area (Å²) < 4.78 is 0. The Morgan fingerprint density at radius 3 is 2.71 bits per heavy atom. The fourth-order valence-corrected chi connectivity index (χ4v) is 3.15. The van der Waals surface area contributed by atoms with Crippen molar-refractivity contribution in [2.75, 3.05) is 0 Å². The van der Waals surface area contributed by atoms with Crippen molar-refractivity contribution in [1.29, 1.82) is 0 Å². The lowest BCUT2D eigenvalue weighted by Gasteiger charge is -2.10. The summed E-state index contributed by atoms with van der Waals surface area (Å²) in [6, 6.07) is 13.8. The van der Waals surface area contributed by atoms with E-state index in [4.69, 9.17) is 0 Å². The lowest BCUT2D eigenvalue weighted by Crippen LogP contribution is -2.09. The summed E-state index contributed by atoms with van der Waals surface area (Å²) in [6.07, 6.45) is 3.22. The summed E-state index contributed by atoms with van der Waals surface area (Å²) in [6.45, 7) is 1.99. The zero-order valence-electron chi connectivity index (χ0n) is 12.1. The van der Waals surface area contributed by atoms with Crippen LogP contribution >= 0.6 is 0 Å². The number of carbonyl (C=O) groups excluding carboxylic acids is 2. The molecule has 0 aromatic heterocycles. The van der Waals surface area contributed by atoms with Crippen LogP contribution in [0.2, 0.25) is 0 Å². The number of hydrogen-bond acceptors (Lipinski definition) is 2. The van der Waals surface area contributed by atoms with Crippen molar-refractivity contribution in [3.05, 3.63) is 59.2 Å². The van der Waals surface area contributed by atoms with Crippen molar-refractivity contribution in [2.45, 2.75) is 26.2 Å². The van der Waals surface area contributed by atoms with Crippen LogP contribution in [0, 0.1) is 5.92 Å². The van der Waals surface area contributed by atoms with Gasteiger partial charge < -0.3 is 0 Å². The minimum Gasteiger partial charge on any atom is -0.298 e. The zero-order chi connectivity index (χ0) is 14.8. The van der Waals surface area contributed by atoms with Crippen LogP contribution < -0.4 is 0 Å². The van der Waals surface area contributed by atoms with E-state index in [2.05, 4.69) is 0 Å². The van der Waals surface area contributed by atoms with Crippen LogP contribution in [0.3, 0.4) is 0 Å². The van der Waals surface area contributed by atoms with Crippen molar-refractivity contribution in [2.24, 2.45) is 5.92 Å². The standard InChI is InChI=1S/C19H18O2/c1-13-6-7-16(18(13)12-20)11-19(21)17-9-8-14-4-2-3-5-15(14)10-17/h2-5,8-10,12,16H,6-7,11H2,1H3/t16-/m1/s1. The summed E-state index contributed by atoms with van der Waals surface area (Å²) in [5.41, 5.74) is 2.72. The third-order valence-electron chi connectivity index (χ3n) is 4.43. The van der Waals surface area contributed by atoms with E-state index in [1.807, 2.05) is 49.4 Å². The first-order valence-electron chi connectivity index (χ1n) is 7.36. The first-order chi connectivity index (χ1) is 10.2. The molecule has 0 radical (unpaired) electrons. The SMILES string of the molecule is CC1=C(C=O)[C@@H](CC(=O)c2ccc3ccccc3c2)CC1. The number of aldehydes is 1. The fourth-order valence-electron chi connectivity index (χ4n) is 3.15. The van der Waals surface area contributed by atoms with Crippen LogP contribution in [0.4, 0.5) is 0 Å². The van der Waals surface area contributed by atoms with Crippen molar-refractivity contribution in [3.63, 3.8) is 0 Å². The molecule has 0 amide bonds. The van der Waals surface area contributed by atoms with Gasteiger partial charge in [0.25, 0.3) is 0 Å². The van der Waals surface area contributed by atoms with Gasteiger partial charge in [0.1, 0.15) is 6.29 Å². The Kier molecular flexibility index (Phi) is 3.70. The molecule has 0 unspecified atom stereocenters. The second-order valence-corrected chi connectivity index (χ2v) is 5.78. The van der Waals surface area contributed by atoms with E-state index in [1.54, 1.807) is 0 Å². The van der Waals surface area contributed by atoms with Crippen LogP contribution in [0.25, 0.3) is 10.8 Å². The minimum absolute atomic E-state index is 0.0986. The first kappa shape index (κ1) is 13.7. The molecule has 21 heavy (non-hydrogen) atoms. The lowest BCUT2D eigenvalue weighted by molar-refractivity contribution is -0.105. The molecule has 0 spiro atoms. The van der Waals surface area contributed by atoms with E-state index in [9.17, 15) is 9.59 Å². The van der Waals surface area contributed by atoms with Gasteiger partial charge in [-0.05, 0) is 48.1 Å². The number of fused-ring (bicyclic) bond motifs is 1. The lowest BCUT2D eigenvalue weighted by atomic mass is 9.92. The van der Waals surface area contributed by atoms with Gasteiger partial charge in [0.05, 0.1) is 0 Å². The van der Waals surface area contributed by atoms with Gasteiger partial charge in [0, 0.05) is 12.0 Å². The Labute approximate surface area is 124 Å².